The van der Waals surface area contributed by atoms with Gasteiger partial charge in [-0.15, -0.1) is 0 Å². The molecule has 0 saturated carbocycles. The molecule has 0 unspecified atom stereocenters. The van der Waals surface area contributed by atoms with Gasteiger partial charge in [0.1, 0.15) is 5.75 Å². The Morgan fingerprint density at radius 2 is 1.59 bits per heavy atom. The van der Waals surface area contributed by atoms with Crippen LogP contribution in [0.25, 0.3) is 0 Å². The van der Waals surface area contributed by atoms with Gasteiger partial charge in [0.2, 0.25) is 0 Å². The van der Waals surface area contributed by atoms with E-state index in [-0.39, 0.29) is 5.91 Å². The summed E-state index contributed by atoms with van der Waals surface area (Å²) in [5.41, 5.74) is 2.90. The van der Waals surface area contributed by atoms with Crippen molar-refractivity contribution >= 4 is 29.1 Å². The van der Waals surface area contributed by atoms with Gasteiger partial charge in [-0.3, -0.25) is 14.4 Å². The van der Waals surface area contributed by atoms with Crippen LogP contribution in [0.3, 0.4) is 0 Å². The van der Waals surface area contributed by atoms with Crippen molar-refractivity contribution in [2.24, 2.45) is 0 Å². The molecular weight excluding hydrogens is 368 g/mol. The van der Waals surface area contributed by atoms with Gasteiger partial charge in [-0.1, -0.05) is 24.3 Å². The molecule has 0 radical (unpaired) electrons. The van der Waals surface area contributed by atoms with Gasteiger partial charge in [0.05, 0.1) is 29.6 Å². The first kappa shape index (κ1) is 18.4. The molecule has 0 saturated heterocycles. The number of hydrogen-bond donors (Lipinski definition) is 1. The molecule has 4 rings (SSSR count). The highest BCUT2D eigenvalue weighted by atomic mass is 16.5. The standard InChI is InChI=1S/C23H18N2O4/c1-14-10-11-20(29-2)19(12-14)24-21(26)15-6-5-7-16(13-15)25-22(27)17-8-3-4-9-18(17)23(25)28/h3-13H,1-2H3,(H,24,26). The van der Waals surface area contributed by atoms with Crippen molar-refractivity contribution in [3.63, 3.8) is 0 Å². The molecule has 6 nitrogen and oxygen atoms in total. The normalized spacial score (nSPS) is 12.7. The van der Waals surface area contributed by atoms with E-state index in [1.54, 1.807) is 48.5 Å². The van der Waals surface area contributed by atoms with Gasteiger partial charge in [0, 0.05) is 5.56 Å². The summed E-state index contributed by atoms with van der Waals surface area (Å²) in [5, 5.41) is 2.82. The number of hydrogen-bond acceptors (Lipinski definition) is 4. The predicted octanol–water partition coefficient (Wildman–Crippen LogP) is 4.06. The van der Waals surface area contributed by atoms with Gasteiger partial charge in [-0.05, 0) is 55.0 Å². The molecule has 144 valence electrons. The molecule has 1 N–H and O–H groups in total. The molecule has 0 fully saturated rings. The van der Waals surface area contributed by atoms with Crippen LogP contribution < -0.4 is 15.0 Å². The van der Waals surface area contributed by atoms with E-state index >= 15 is 0 Å². The Morgan fingerprint density at radius 1 is 0.897 bits per heavy atom. The van der Waals surface area contributed by atoms with Crippen LogP contribution in [0, 0.1) is 6.92 Å². The van der Waals surface area contributed by atoms with Crippen molar-refractivity contribution in [1.82, 2.24) is 0 Å². The number of nitrogens with zero attached hydrogens (tertiary/aromatic N) is 1. The summed E-state index contributed by atoms with van der Waals surface area (Å²) in [4.78, 5) is 39.3. The highest BCUT2D eigenvalue weighted by Gasteiger charge is 2.36. The van der Waals surface area contributed by atoms with Gasteiger partial charge in [0.25, 0.3) is 17.7 Å². The van der Waals surface area contributed by atoms with E-state index in [4.69, 9.17) is 4.74 Å². The number of anilines is 2. The molecule has 0 aromatic heterocycles. The third kappa shape index (κ3) is 3.25. The zero-order chi connectivity index (χ0) is 20.5. The minimum atomic E-state index is -0.400. The fraction of sp³-hybridized carbons (Fsp3) is 0.0870. The molecular formula is C23H18N2O4. The van der Waals surface area contributed by atoms with E-state index in [0.717, 1.165) is 10.5 Å². The number of rotatable bonds is 4. The number of methoxy groups -OCH3 is 1. The highest BCUT2D eigenvalue weighted by Crippen LogP contribution is 2.30. The fourth-order valence-electron chi connectivity index (χ4n) is 3.32. The van der Waals surface area contributed by atoms with Crippen LogP contribution in [0.1, 0.15) is 36.6 Å². The van der Waals surface area contributed by atoms with Crippen LogP contribution in [0.5, 0.6) is 5.75 Å². The van der Waals surface area contributed by atoms with Gasteiger partial charge < -0.3 is 10.1 Å². The third-order valence-corrected chi connectivity index (χ3v) is 4.76. The fourth-order valence-corrected chi connectivity index (χ4v) is 3.32. The summed E-state index contributed by atoms with van der Waals surface area (Å²) < 4.78 is 5.29. The molecule has 3 aromatic carbocycles. The quantitative estimate of drug-likeness (QED) is 0.686. The number of fused-ring (bicyclic) bond motifs is 1. The van der Waals surface area contributed by atoms with E-state index in [2.05, 4.69) is 5.32 Å². The monoisotopic (exact) mass is 386 g/mol. The second-order valence-corrected chi connectivity index (χ2v) is 6.70. The lowest BCUT2D eigenvalue weighted by atomic mass is 10.1. The maximum Gasteiger partial charge on any atom is 0.266 e. The predicted molar refractivity (Wildman–Crippen MR) is 110 cm³/mol. The molecule has 29 heavy (non-hydrogen) atoms. The number of amides is 3. The number of benzene rings is 3. The van der Waals surface area contributed by atoms with E-state index < -0.39 is 11.8 Å². The van der Waals surface area contributed by atoms with Crippen LogP contribution in [0.4, 0.5) is 11.4 Å². The van der Waals surface area contributed by atoms with Crippen molar-refractivity contribution < 1.29 is 19.1 Å². The second-order valence-electron chi connectivity index (χ2n) is 6.70. The minimum absolute atomic E-state index is 0.322. The Labute approximate surface area is 167 Å². The van der Waals surface area contributed by atoms with Crippen molar-refractivity contribution in [2.45, 2.75) is 6.92 Å². The van der Waals surface area contributed by atoms with Crippen LogP contribution in [0.15, 0.2) is 66.7 Å². The lowest BCUT2D eigenvalue weighted by Crippen LogP contribution is -2.29. The van der Waals surface area contributed by atoms with Gasteiger partial charge in [0.15, 0.2) is 0 Å². The summed E-state index contributed by atoms with van der Waals surface area (Å²) in [6.07, 6.45) is 0. The highest BCUT2D eigenvalue weighted by molar-refractivity contribution is 6.34. The Morgan fingerprint density at radius 3 is 2.24 bits per heavy atom. The maximum atomic E-state index is 12.8. The molecule has 3 amide bonds. The molecule has 6 heteroatoms. The van der Waals surface area contributed by atoms with E-state index in [0.29, 0.717) is 33.8 Å². The molecule has 1 aliphatic rings. The zero-order valence-corrected chi connectivity index (χ0v) is 15.9. The SMILES string of the molecule is COc1ccc(C)cc1NC(=O)c1cccc(N2C(=O)c3ccccc3C2=O)c1. The maximum absolute atomic E-state index is 12.8. The van der Waals surface area contributed by atoms with Crippen molar-refractivity contribution in [1.29, 1.82) is 0 Å². The van der Waals surface area contributed by atoms with Crippen LogP contribution >= 0.6 is 0 Å². The van der Waals surface area contributed by atoms with E-state index in [9.17, 15) is 14.4 Å². The Bertz CT molecular complexity index is 1120. The van der Waals surface area contributed by atoms with Gasteiger partial charge >= 0.3 is 0 Å². The number of aryl methyl sites for hydroxylation is 1. The van der Waals surface area contributed by atoms with Gasteiger partial charge in [-0.2, -0.15) is 0 Å². The number of nitrogens with one attached hydrogen (secondary N) is 1. The molecule has 0 spiro atoms. The third-order valence-electron chi connectivity index (χ3n) is 4.76. The molecule has 0 bridgehead atoms. The molecule has 1 aliphatic heterocycles. The topological polar surface area (TPSA) is 75.7 Å². The van der Waals surface area contributed by atoms with Crippen LogP contribution in [-0.2, 0) is 0 Å². The lowest BCUT2D eigenvalue weighted by Gasteiger charge is -2.15. The summed E-state index contributed by atoms with van der Waals surface area (Å²) in [7, 11) is 1.53. The Balaban J connectivity index is 1.63. The molecule has 1 heterocycles. The second kappa shape index (κ2) is 7.24. The first-order valence-corrected chi connectivity index (χ1v) is 9.03. The smallest absolute Gasteiger partial charge is 0.266 e. The van der Waals surface area contributed by atoms with Crippen LogP contribution in [-0.4, -0.2) is 24.8 Å². The molecule has 0 aliphatic carbocycles. The van der Waals surface area contributed by atoms with E-state index in [1.807, 2.05) is 19.1 Å². The number of imide groups is 1. The number of carbonyl (C=O) groups excluding carboxylic acids is 3. The van der Waals surface area contributed by atoms with Crippen molar-refractivity contribution in [3.8, 4) is 5.75 Å². The summed E-state index contributed by atoms with van der Waals surface area (Å²) in [6, 6.07) is 18.6. The molecule has 0 atom stereocenters. The number of ether oxygens (including phenoxy) is 1. The summed E-state index contributed by atoms with van der Waals surface area (Å²) in [6.45, 7) is 1.91. The Kier molecular flexibility index (Phi) is 4.60. The van der Waals surface area contributed by atoms with Gasteiger partial charge in [-0.25, -0.2) is 4.90 Å². The first-order chi connectivity index (χ1) is 14.0. The number of carbonyl (C=O) groups is 3. The zero-order valence-electron chi connectivity index (χ0n) is 15.9. The molecule has 3 aromatic rings. The summed E-state index contributed by atoms with van der Waals surface area (Å²) in [5.74, 6) is -0.625. The average molecular weight is 386 g/mol. The van der Waals surface area contributed by atoms with Crippen LogP contribution in [0.2, 0.25) is 0 Å². The first-order valence-electron chi connectivity index (χ1n) is 9.03. The van der Waals surface area contributed by atoms with Crippen molar-refractivity contribution in [2.75, 3.05) is 17.3 Å². The van der Waals surface area contributed by atoms with E-state index in [1.165, 1.54) is 13.2 Å². The Hall–Kier alpha value is -3.93. The lowest BCUT2D eigenvalue weighted by molar-refractivity contribution is 0.0924. The summed E-state index contributed by atoms with van der Waals surface area (Å²) >= 11 is 0. The minimum Gasteiger partial charge on any atom is -0.495 e. The average Bonchev–Trinajstić information content (AvgIpc) is 2.99. The van der Waals surface area contributed by atoms with Crippen molar-refractivity contribution in [3.05, 3.63) is 89.0 Å². The largest absolute Gasteiger partial charge is 0.495 e.